The van der Waals surface area contributed by atoms with Crippen LogP contribution in [-0.4, -0.2) is 29.9 Å². The molecule has 0 aliphatic heterocycles. The number of Topliss-reactive ketones (excluding diaryl/α,β-unsaturated/α-hetero) is 1. The lowest BCUT2D eigenvalue weighted by atomic mass is 9.98. The highest BCUT2D eigenvalue weighted by Gasteiger charge is 2.25. The van der Waals surface area contributed by atoms with Gasteiger partial charge in [0.25, 0.3) is 0 Å². The summed E-state index contributed by atoms with van der Waals surface area (Å²) in [7, 11) is 0. The van der Waals surface area contributed by atoms with Crippen LogP contribution in [0.15, 0.2) is 0 Å². The molecule has 2 unspecified atom stereocenters. The number of aromatic nitrogens is 1. The van der Waals surface area contributed by atoms with Gasteiger partial charge in [-0.2, -0.15) is 0 Å². The lowest BCUT2D eigenvalue weighted by Gasteiger charge is -2.15. The van der Waals surface area contributed by atoms with E-state index in [-0.39, 0.29) is 18.1 Å². The lowest BCUT2D eigenvalue weighted by molar-refractivity contribution is 0.0517. The molecule has 0 bridgehead atoms. The Labute approximate surface area is 129 Å². The highest BCUT2D eigenvalue weighted by molar-refractivity contribution is 7.17. The number of carbonyl (C=O) groups excluding carboxylic acids is 2. The van der Waals surface area contributed by atoms with E-state index in [1.165, 1.54) is 37.5 Å². The molecule has 2 atom stereocenters. The Kier molecular flexibility index (Phi) is 5.33. The van der Waals surface area contributed by atoms with Crippen molar-refractivity contribution in [2.24, 2.45) is 11.8 Å². The van der Waals surface area contributed by atoms with Gasteiger partial charge >= 0.3 is 5.97 Å². The number of rotatable bonds is 6. The number of hydrogen-bond acceptors (Lipinski definition) is 6. The van der Waals surface area contributed by atoms with Gasteiger partial charge in [0.15, 0.2) is 16.6 Å². The number of nitrogens with zero attached hydrogens (tertiary/aromatic N) is 1. The smallest absolute Gasteiger partial charge is 0.358 e. The quantitative estimate of drug-likeness (QED) is 0.644. The van der Waals surface area contributed by atoms with Crippen molar-refractivity contribution in [1.82, 2.24) is 4.98 Å². The van der Waals surface area contributed by atoms with Gasteiger partial charge in [0, 0.05) is 13.5 Å². The fourth-order valence-corrected chi connectivity index (χ4v) is 3.57. The molecule has 1 saturated carbocycles. The van der Waals surface area contributed by atoms with E-state index in [0.29, 0.717) is 21.8 Å². The first-order valence-corrected chi connectivity index (χ1v) is 8.27. The maximum Gasteiger partial charge on any atom is 0.358 e. The standard InChI is InChI=1S/C15H22N2O3S/c1-4-20-14(19)12-13(10(3)18)21-15(17-12)16-8-11-7-5-6-9(11)2/h9,11H,4-8H2,1-3H3,(H,16,17). The molecule has 2 rings (SSSR count). The number of nitrogens with one attached hydrogen (secondary N) is 1. The van der Waals surface area contributed by atoms with Crippen molar-refractivity contribution >= 4 is 28.2 Å². The molecule has 0 aromatic carbocycles. The largest absolute Gasteiger partial charge is 0.461 e. The van der Waals surface area contributed by atoms with Gasteiger partial charge in [-0.25, -0.2) is 9.78 Å². The maximum absolute atomic E-state index is 11.8. The molecule has 5 nitrogen and oxygen atoms in total. The van der Waals surface area contributed by atoms with Gasteiger partial charge in [0.05, 0.1) is 6.61 Å². The van der Waals surface area contributed by atoms with Crippen molar-refractivity contribution in [2.75, 3.05) is 18.5 Å². The number of anilines is 1. The average molecular weight is 310 g/mol. The average Bonchev–Trinajstić information content (AvgIpc) is 3.03. The normalized spacial score (nSPS) is 21.3. The van der Waals surface area contributed by atoms with Crippen LogP contribution in [0.4, 0.5) is 5.13 Å². The van der Waals surface area contributed by atoms with Crippen molar-refractivity contribution in [2.45, 2.75) is 40.0 Å². The summed E-state index contributed by atoms with van der Waals surface area (Å²) in [6.07, 6.45) is 3.78. The Morgan fingerprint density at radius 1 is 1.43 bits per heavy atom. The molecule has 116 valence electrons. The molecule has 6 heteroatoms. The number of thiazole rings is 1. The predicted molar refractivity (Wildman–Crippen MR) is 83.1 cm³/mol. The maximum atomic E-state index is 11.8. The van der Waals surface area contributed by atoms with Crippen LogP contribution in [0.5, 0.6) is 0 Å². The van der Waals surface area contributed by atoms with E-state index in [4.69, 9.17) is 4.74 Å². The number of esters is 1. The molecule has 0 spiro atoms. The summed E-state index contributed by atoms with van der Waals surface area (Å²) < 4.78 is 4.95. The molecule has 1 aliphatic carbocycles. The van der Waals surface area contributed by atoms with Crippen LogP contribution in [0.3, 0.4) is 0 Å². The second-order valence-electron chi connectivity index (χ2n) is 5.52. The first kappa shape index (κ1) is 15.9. The van der Waals surface area contributed by atoms with Crippen molar-refractivity contribution in [3.8, 4) is 0 Å². The molecule has 1 aromatic rings. The van der Waals surface area contributed by atoms with Crippen LogP contribution in [-0.2, 0) is 4.74 Å². The van der Waals surface area contributed by atoms with E-state index in [2.05, 4.69) is 17.2 Å². The molecule has 1 aromatic heterocycles. The SMILES string of the molecule is CCOC(=O)c1nc(NCC2CCCC2C)sc1C(C)=O. The highest BCUT2D eigenvalue weighted by atomic mass is 32.1. The van der Waals surface area contributed by atoms with Gasteiger partial charge in [-0.05, 0) is 25.2 Å². The molecule has 1 fully saturated rings. The Hall–Kier alpha value is -1.43. The molecule has 0 amide bonds. The topological polar surface area (TPSA) is 68.3 Å². The van der Waals surface area contributed by atoms with Crippen LogP contribution in [0, 0.1) is 11.8 Å². The van der Waals surface area contributed by atoms with Crippen LogP contribution >= 0.6 is 11.3 Å². The lowest BCUT2D eigenvalue weighted by Crippen LogP contribution is -2.16. The first-order valence-electron chi connectivity index (χ1n) is 7.45. The number of carbonyl (C=O) groups is 2. The zero-order chi connectivity index (χ0) is 15.4. The monoisotopic (exact) mass is 310 g/mol. The van der Waals surface area contributed by atoms with Crippen molar-refractivity contribution in [3.63, 3.8) is 0 Å². The van der Waals surface area contributed by atoms with Crippen LogP contribution in [0.25, 0.3) is 0 Å². The second-order valence-corrected chi connectivity index (χ2v) is 6.52. The molecule has 1 N–H and O–H groups in total. The van der Waals surface area contributed by atoms with Crippen molar-refractivity contribution in [1.29, 1.82) is 0 Å². The third-order valence-corrected chi connectivity index (χ3v) is 5.08. The fourth-order valence-electron chi connectivity index (χ4n) is 2.72. The molecule has 1 heterocycles. The van der Waals surface area contributed by atoms with Gasteiger partial charge in [0.1, 0.15) is 4.88 Å². The molecular weight excluding hydrogens is 288 g/mol. The Morgan fingerprint density at radius 2 is 2.19 bits per heavy atom. The Balaban J connectivity index is 2.08. The van der Waals surface area contributed by atoms with E-state index in [9.17, 15) is 9.59 Å². The van der Waals surface area contributed by atoms with E-state index in [1.54, 1.807) is 6.92 Å². The minimum atomic E-state index is -0.527. The third-order valence-electron chi connectivity index (χ3n) is 3.97. The molecule has 0 saturated heterocycles. The minimum Gasteiger partial charge on any atom is -0.461 e. The predicted octanol–water partition coefficient (Wildman–Crippen LogP) is 3.37. The van der Waals surface area contributed by atoms with Crippen LogP contribution < -0.4 is 5.32 Å². The zero-order valence-electron chi connectivity index (χ0n) is 12.8. The zero-order valence-corrected chi connectivity index (χ0v) is 13.6. The highest BCUT2D eigenvalue weighted by Crippen LogP contribution is 2.32. The molecule has 21 heavy (non-hydrogen) atoms. The third kappa shape index (κ3) is 3.81. The fraction of sp³-hybridized carbons (Fsp3) is 0.667. The van der Waals surface area contributed by atoms with E-state index in [0.717, 1.165) is 6.54 Å². The summed E-state index contributed by atoms with van der Waals surface area (Å²) in [5.74, 6) is 0.675. The van der Waals surface area contributed by atoms with Gasteiger partial charge < -0.3 is 10.1 Å². The van der Waals surface area contributed by atoms with E-state index >= 15 is 0 Å². The second kappa shape index (κ2) is 7.02. The molecular formula is C15H22N2O3S. The summed E-state index contributed by atoms with van der Waals surface area (Å²) in [6, 6.07) is 0. The Bertz CT molecular complexity index is 527. The van der Waals surface area contributed by atoms with Crippen molar-refractivity contribution in [3.05, 3.63) is 10.6 Å². The van der Waals surface area contributed by atoms with Crippen molar-refractivity contribution < 1.29 is 14.3 Å². The minimum absolute atomic E-state index is 0.135. The molecule has 0 radical (unpaired) electrons. The number of ketones is 1. The van der Waals surface area contributed by atoms with Crippen LogP contribution in [0.2, 0.25) is 0 Å². The summed E-state index contributed by atoms with van der Waals surface area (Å²) in [4.78, 5) is 28.1. The summed E-state index contributed by atoms with van der Waals surface area (Å²) in [6.45, 7) is 6.56. The van der Waals surface area contributed by atoms with Gasteiger partial charge in [-0.3, -0.25) is 4.79 Å². The van der Waals surface area contributed by atoms with Gasteiger partial charge in [-0.15, -0.1) is 0 Å². The number of ether oxygens (including phenoxy) is 1. The van der Waals surface area contributed by atoms with E-state index < -0.39 is 5.97 Å². The summed E-state index contributed by atoms with van der Waals surface area (Å²) >= 11 is 1.23. The van der Waals surface area contributed by atoms with Crippen LogP contribution in [0.1, 0.15) is 60.2 Å². The van der Waals surface area contributed by atoms with Gasteiger partial charge in [-0.1, -0.05) is 31.1 Å². The molecule has 1 aliphatic rings. The van der Waals surface area contributed by atoms with Gasteiger partial charge in [0.2, 0.25) is 0 Å². The summed E-state index contributed by atoms with van der Waals surface area (Å²) in [5, 5.41) is 3.90. The van der Waals surface area contributed by atoms with E-state index in [1.807, 2.05) is 0 Å². The Morgan fingerprint density at radius 3 is 2.76 bits per heavy atom. The number of hydrogen-bond donors (Lipinski definition) is 1. The summed E-state index contributed by atoms with van der Waals surface area (Å²) in [5.41, 5.74) is 0.135. The first-order chi connectivity index (χ1) is 10.0.